The highest BCUT2D eigenvalue weighted by atomic mass is 16.4. The molecule has 92 valence electrons. The number of likely N-dealkylation sites (tertiary alicyclic amines) is 1. The summed E-state index contributed by atoms with van der Waals surface area (Å²) in [5, 5.41) is 9.00. The molecule has 1 aliphatic carbocycles. The molecule has 2 rings (SSSR count). The topological polar surface area (TPSA) is 66.6 Å². The van der Waals surface area contributed by atoms with Crippen LogP contribution in [0.2, 0.25) is 0 Å². The normalized spacial score (nSPS) is 26.3. The largest absolute Gasteiger partial charge is 0.481 e. The molecule has 0 spiro atoms. The molecule has 0 amide bonds. The summed E-state index contributed by atoms with van der Waals surface area (Å²) >= 11 is 0. The quantitative estimate of drug-likeness (QED) is 0.752. The number of carboxylic acid groups (broad SMARTS) is 1. The van der Waals surface area contributed by atoms with Crippen molar-refractivity contribution in [3.8, 4) is 0 Å². The maximum Gasteiger partial charge on any atom is 0.305 e. The fourth-order valence-electron chi connectivity index (χ4n) is 3.11. The van der Waals surface area contributed by atoms with Crippen LogP contribution in [0.1, 0.15) is 38.5 Å². The number of carbonyl (C=O) groups is 1. The molecular weight excluding hydrogens is 204 g/mol. The Kier molecular flexibility index (Phi) is 3.50. The molecule has 3 N–H and O–H groups in total. The van der Waals surface area contributed by atoms with E-state index in [4.69, 9.17) is 10.8 Å². The zero-order valence-corrected chi connectivity index (χ0v) is 9.82. The van der Waals surface area contributed by atoms with Crippen LogP contribution >= 0.6 is 0 Å². The Morgan fingerprint density at radius 2 is 2.00 bits per heavy atom. The maximum absolute atomic E-state index is 10.9. The van der Waals surface area contributed by atoms with Crippen LogP contribution in [0.15, 0.2) is 0 Å². The summed E-state index contributed by atoms with van der Waals surface area (Å²) in [5.74, 6) is -0.00106. The molecule has 0 radical (unpaired) electrons. The van der Waals surface area contributed by atoms with Gasteiger partial charge in [-0.3, -0.25) is 9.69 Å². The van der Waals surface area contributed by atoms with E-state index >= 15 is 0 Å². The standard InChI is InChI=1S/C12H22N2O2/c13-9-10-2-6-14(7-3-10)12(4-1-5-12)8-11(15)16/h10H,1-9,13H2,(H,15,16). The van der Waals surface area contributed by atoms with Gasteiger partial charge in [-0.1, -0.05) is 0 Å². The molecule has 2 aliphatic rings. The highest BCUT2D eigenvalue weighted by Crippen LogP contribution is 2.42. The summed E-state index contributed by atoms with van der Waals surface area (Å²) in [6.07, 6.45) is 5.90. The Balaban J connectivity index is 1.93. The van der Waals surface area contributed by atoms with Crippen LogP contribution in [0.5, 0.6) is 0 Å². The van der Waals surface area contributed by atoms with E-state index in [1.54, 1.807) is 0 Å². The van der Waals surface area contributed by atoms with Crippen molar-refractivity contribution in [2.75, 3.05) is 19.6 Å². The lowest BCUT2D eigenvalue weighted by Crippen LogP contribution is -2.57. The Morgan fingerprint density at radius 3 is 2.38 bits per heavy atom. The van der Waals surface area contributed by atoms with Crippen LogP contribution < -0.4 is 5.73 Å². The highest BCUT2D eigenvalue weighted by Gasteiger charge is 2.44. The van der Waals surface area contributed by atoms with Gasteiger partial charge in [0.25, 0.3) is 0 Å². The van der Waals surface area contributed by atoms with Crippen LogP contribution in [-0.2, 0) is 4.79 Å². The van der Waals surface area contributed by atoms with Gasteiger partial charge in [0.2, 0.25) is 0 Å². The number of hydrogen-bond donors (Lipinski definition) is 2. The minimum absolute atomic E-state index is 0.00853. The van der Waals surface area contributed by atoms with E-state index in [0.717, 1.165) is 45.3 Å². The minimum atomic E-state index is -0.652. The Morgan fingerprint density at radius 1 is 1.38 bits per heavy atom. The summed E-state index contributed by atoms with van der Waals surface area (Å²) < 4.78 is 0. The maximum atomic E-state index is 10.9. The number of piperidine rings is 1. The van der Waals surface area contributed by atoms with Gasteiger partial charge in [0.15, 0.2) is 0 Å². The molecule has 0 aromatic carbocycles. The zero-order valence-electron chi connectivity index (χ0n) is 9.82. The van der Waals surface area contributed by atoms with Crippen molar-refractivity contribution in [3.63, 3.8) is 0 Å². The van der Waals surface area contributed by atoms with Crippen LogP contribution in [0.4, 0.5) is 0 Å². The van der Waals surface area contributed by atoms with Gasteiger partial charge in [-0.25, -0.2) is 0 Å². The molecule has 0 aromatic rings. The van der Waals surface area contributed by atoms with Gasteiger partial charge in [0.1, 0.15) is 0 Å². The monoisotopic (exact) mass is 226 g/mol. The first-order chi connectivity index (χ1) is 7.66. The molecule has 16 heavy (non-hydrogen) atoms. The lowest BCUT2D eigenvalue weighted by Gasteiger charge is -2.52. The summed E-state index contributed by atoms with van der Waals surface area (Å²) in [4.78, 5) is 13.3. The molecule has 4 heteroatoms. The molecule has 0 atom stereocenters. The average Bonchev–Trinajstić information content (AvgIpc) is 2.23. The van der Waals surface area contributed by atoms with Crippen LogP contribution in [0.25, 0.3) is 0 Å². The van der Waals surface area contributed by atoms with E-state index in [1.807, 2.05) is 0 Å². The molecule has 0 unspecified atom stereocenters. The van der Waals surface area contributed by atoms with Gasteiger partial charge in [-0.15, -0.1) is 0 Å². The van der Waals surface area contributed by atoms with E-state index in [0.29, 0.717) is 12.3 Å². The van der Waals surface area contributed by atoms with Crippen molar-refractivity contribution in [2.24, 2.45) is 11.7 Å². The van der Waals surface area contributed by atoms with Crippen molar-refractivity contribution in [3.05, 3.63) is 0 Å². The molecular formula is C12H22N2O2. The second-order valence-corrected chi connectivity index (χ2v) is 5.31. The SMILES string of the molecule is NCC1CCN(C2(CC(=O)O)CCC2)CC1. The number of nitrogens with zero attached hydrogens (tertiary/aromatic N) is 1. The van der Waals surface area contributed by atoms with Gasteiger partial charge in [0.05, 0.1) is 6.42 Å². The Hall–Kier alpha value is -0.610. The lowest BCUT2D eigenvalue weighted by atomic mass is 9.72. The molecule has 0 bridgehead atoms. The second kappa shape index (κ2) is 4.72. The van der Waals surface area contributed by atoms with Gasteiger partial charge >= 0.3 is 5.97 Å². The Labute approximate surface area is 96.8 Å². The summed E-state index contributed by atoms with van der Waals surface area (Å²) in [6.45, 7) is 2.85. The fourth-order valence-corrected chi connectivity index (χ4v) is 3.11. The van der Waals surface area contributed by atoms with E-state index in [-0.39, 0.29) is 5.54 Å². The van der Waals surface area contributed by atoms with Gasteiger partial charge < -0.3 is 10.8 Å². The fraction of sp³-hybridized carbons (Fsp3) is 0.917. The first kappa shape index (κ1) is 11.9. The van der Waals surface area contributed by atoms with Crippen LogP contribution in [0, 0.1) is 5.92 Å². The van der Waals surface area contributed by atoms with Crippen LogP contribution in [-0.4, -0.2) is 41.1 Å². The van der Waals surface area contributed by atoms with E-state index < -0.39 is 5.97 Å². The average molecular weight is 226 g/mol. The first-order valence-corrected chi connectivity index (χ1v) is 6.33. The third-order valence-corrected chi connectivity index (χ3v) is 4.38. The first-order valence-electron chi connectivity index (χ1n) is 6.33. The molecule has 1 heterocycles. The minimum Gasteiger partial charge on any atom is -0.481 e. The Bertz CT molecular complexity index is 256. The second-order valence-electron chi connectivity index (χ2n) is 5.31. The van der Waals surface area contributed by atoms with Crippen molar-refractivity contribution in [1.29, 1.82) is 0 Å². The van der Waals surface area contributed by atoms with Gasteiger partial charge in [-0.2, -0.15) is 0 Å². The lowest BCUT2D eigenvalue weighted by molar-refractivity contribution is -0.143. The number of carboxylic acids is 1. The smallest absolute Gasteiger partial charge is 0.305 e. The molecule has 0 aromatic heterocycles. The molecule has 1 saturated carbocycles. The predicted molar refractivity (Wildman–Crippen MR) is 62.2 cm³/mol. The molecule has 4 nitrogen and oxygen atoms in total. The molecule has 1 aliphatic heterocycles. The molecule has 2 fully saturated rings. The van der Waals surface area contributed by atoms with E-state index in [9.17, 15) is 4.79 Å². The van der Waals surface area contributed by atoms with Crippen LogP contribution in [0.3, 0.4) is 0 Å². The molecule has 1 saturated heterocycles. The third-order valence-electron chi connectivity index (χ3n) is 4.38. The number of aliphatic carboxylic acids is 1. The number of rotatable bonds is 4. The van der Waals surface area contributed by atoms with Crippen molar-refractivity contribution < 1.29 is 9.90 Å². The van der Waals surface area contributed by atoms with Crippen molar-refractivity contribution in [2.45, 2.75) is 44.1 Å². The summed E-state index contributed by atoms with van der Waals surface area (Å²) in [6, 6.07) is 0. The third kappa shape index (κ3) is 2.23. The highest BCUT2D eigenvalue weighted by molar-refractivity contribution is 5.68. The van der Waals surface area contributed by atoms with Crippen molar-refractivity contribution >= 4 is 5.97 Å². The van der Waals surface area contributed by atoms with E-state index in [1.165, 1.54) is 6.42 Å². The number of nitrogens with two attached hydrogens (primary N) is 1. The zero-order chi connectivity index (χ0) is 11.6. The van der Waals surface area contributed by atoms with Gasteiger partial charge in [0, 0.05) is 5.54 Å². The van der Waals surface area contributed by atoms with Crippen molar-refractivity contribution in [1.82, 2.24) is 4.90 Å². The number of hydrogen-bond acceptors (Lipinski definition) is 3. The van der Waals surface area contributed by atoms with Gasteiger partial charge in [-0.05, 0) is 57.7 Å². The predicted octanol–water partition coefficient (Wildman–Crippen LogP) is 1.05. The summed E-state index contributed by atoms with van der Waals surface area (Å²) in [7, 11) is 0. The van der Waals surface area contributed by atoms with E-state index in [2.05, 4.69) is 4.90 Å². The summed E-state index contributed by atoms with van der Waals surface area (Å²) in [5.41, 5.74) is 5.66.